The van der Waals surface area contributed by atoms with E-state index in [9.17, 15) is 4.79 Å². The van der Waals surface area contributed by atoms with Crippen molar-refractivity contribution in [3.63, 3.8) is 0 Å². The molecule has 0 aromatic heterocycles. The molecule has 6 nitrogen and oxygen atoms in total. The second-order valence-corrected chi connectivity index (χ2v) is 4.99. The molecular weight excluding hydrogens is 272 g/mol. The molecule has 114 valence electrons. The first-order valence-corrected chi connectivity index (χ1v) is 6.98. The van der Waals surface area contributed by atoms with Gasteiger partial charge < -0.3 is 14.2 Å². The average Bonchev–Trinajstić information content (AvgIpc) is 2.92. The number of nitrogens with zero attached hydrogens (tertiary/aromatic N) is 1. The van der Waals surface area contributed by atoms with Crippen LogP contribution in [0, 0.1) is 5.92 Å². The van der Waals surface area contributed by atoms with E-state index in [0.717, 1.165) is 0 Å². The molecule has 1 aromatic rings. The van der Waals surface area contributed by atoms with Crippen LogP contribution in [0.25, 0.3) is 0 Å². The van der Waals surface area contributed by atoms with Crippen molar-refractivity contribution in [3.8, 4) is 11.5 Å². The van der Waals surface area contributed by atoms with Gasteiger partial charge in [0, 0.05) is 12.1 Å². The fourth-order valence-corrected chi connectivity index (χ4v) is 1.73. The van der Waals surface area contributed by atoms with Gasteiger partial charge in [0.1, 0.15) is 0 Å². The number of amides is 1. The molecular formula is C15H20N2O4. The van der Waals surface area contributed by atoms with Crippen LogP contribution in [-0.2, 0) is 4.74 Å². The average molecular weight is 292 g/mol. The van der Waals surface area contributed by atoms with Gasteiger partial charge in [-0.1, -0.05) is 13.8 Å². The normalized spacial score (nSPS) is 13.4. The fourth-order valence-electron chi connectivity index (χ4n) is 1.73. The van der Waals surface area contributed by atoms with Gasteiger partial charge in [0.15, 0.2) is 11.5 Å². The minimum Gasteiger partial charge on any atom is -0.465 e. The molecule has 1 aliphatic heterocycles. The molecule has 0 radical (unpaired) electrons. The van der Waals surface area contributed by atoms with Crippen LogP contribution in [0.3, 0.4) is 0 Å². The molecule has 1 heterocycles. The van der Waals surface area contributed by atoms with Crippen molar-refractivity contribution in [2.24, 2.45) is 10.9 Å². The standard InChI is InChI=1S/C15H20N2O4/c1-4-19-15(16-8-10(2)3)17-14(18)11-5-6-12-13(7-11)21-9-20-12/h5-7,10H,4,8-9H2,1-3H3,(H,16,17,18). The maximum atomic E-state index is 12.2. The van der Waals surface area contributed by atoms with Crippen molar-refractivity contribution in [2.45, 2.75) is 20.8 Å². The summed E-state index contributed by atoms with van der Waals surface area (Å²) < 4.78 is 15.8. The number of amidine groups is 1. The van der Waals surface area contributed by atoms with E-state index >= 15 is 0 Å². The van der Waals surface area contributed by atoms with Gasteiger partial charge in [-0.2, -0.15) is 0 Å². The Hall–Kier alpha value is -2.24. The molecule has 6 heteroatoms. The summed E-state index contributed by atoms with van der Waals surface area (Å²) in [6.45, 7) is 7.16. The molecule has 1 aliphatic rings. The number of nitrogens with one attached hydrogen (secondary N) is 1. The molecule has 0 spiro atoms. The van der Waals surface area contributed by atoms with E-state index < -0.39 is 0 Å². The summed E-state index contributed by atoms with van der Waals surface area (Å²) in [4.78, 5) is 16.5. The quantitative estimate of drug-likeness (QED) is 0.682. The van der Waals surface area contributed by atoms with Gasteiger partial charge in [0.05, 0.1) is 6.61 Å². The predicted octanol–water partition coefficient (Wildman–Crippen LogP) is 2.19. The lowest BCUT2D eigenvalue weighted by molar-refractivity contribution is 0.0965. The number of ether oxygens (including phenoxy) is 3. The zero-order chi connectivity index (χ0) is 15.2. The largest absolute Gasteiger partial charge is 0.465 e. The molecule has 0 unspecified atom stereocenters. The van der Waals surface area contributed by atoms with Crippen molar-refractivity contribution in [1.82, 2.24) is 5.32 Å². The van der Waals surface area contributed by atoms with Crippen LogP contribution in [0.5, 0.6) is 11.5 Å². The number of carbonyl (C=O) groups excluding carboxylic acids is 1. The third kappa shape index (κ3) is 4.11. The smallest absolute Gasteiger partial charge is 0.291 e. The number of carbonyl (C=O) groups is 1. The zero-order valence-corrected chi connectivity index (χ0v) is 12.5. The minimum absolute atomic E-state index is 0.181. The highest BCUT2D eigenvalue weighted by molar-refractivity contribution is 6.04. The van der Waals surface area contributed by atoms with Gasteiger partial charge in [-0.15, -0.1) is 0 Å². The number of benzene rings is 1. The third-order valence-corrected chi connectivity index (χ3v) is 2.74. The molecule has 1 amide bonds. The Bertz CT molecular complexity index is 540. The molecule has 0 saturated carbocycles. The summed E-state index contributed by atoms with van der Waals surface area (Å²) in [7, 11) is 0. The van der Waals surface area contributed by atoms with E-state index in [1.165, 1.54) is 0 Å². The first-order chi connectivity index (χ1) is 10.1. The summed E-state index contributed by atoms with van der Waals surface area (Å²) in [5, 5.41) is 2.67. The molecule has 0 aliphatic carbocycles. The summed E-state index contributed by atoms with van der Waals surface area (Å²) in [5.41, 5.74) is 0.469. The van der Waals surface area contributed by atoms with Gasteiger partial charge in [0.2, 0.25) is 6.79 Å². The second-order valence-electron chi connectivity index (χ2n) is 4.99. The van der Waals surface area contributed by atoms with E-state index in [1.807, 2.05) is 20.8 Å². The van der Waals surface area contributed by atoms with Crippen LogP contribution in [0.15, 0.2) is 23.2 Å². The summed E-state index contributed by atoms with van der Waals surface area (Å²) >= 11 is 0. The van der Waals surface area contributed by atoms with Gasteiger partial charge in [-0.05, 0) is 31.0 Å². The van der Waals surface area contributed by atoms with Crippen LogP contribution in [0.2, 0.25) is 0 Å². The van der Waals surface area contributed by atoms with Gasteiger partial charge in [0.25, 0.3) is 11.9 Å². The van der Waals surface area contributed by atoms with Crippen LogP contribution in [0.4, 0.5) is 0 Å². The maximum Gasteiger partial charge on any atom is 0.291 e. The molecule has 2 rings (SSSR count). The van der Waals surface area contributed by atoms with Gasteiger partial charge in [-0.25, -0.2) is 4.99 Å². The SMILES string of the molecule is CCOC(=NCC(C)C)NC(=O)c1ccc2c(c1)OCO2. The van der Waals surface area contributed by atoms with Crippen LogP contribution in [-0.4, -0.2) is 31.9 Å². The first kappa shape index (κ1) is 15.2. The first-order valence-electron chi connectivity index (χ1n) is 6.98. The minimum atomic E-state index is -0.288. The number of fused-ring (bicyclic) bond motifs is 1. The Balaban J connectivity index is 2.06. The van der Waals surface area contributed by atoms with E-state index in [0.29, 0.717) is 36.1 Å². The third-order valence-electron chi connectivity index (χ3n) is 2.74. The molecule has 0 atom stereocenters. The number of hydrogen-bond acceptors (Lipinski definition) is 5. The Labute approximate surface area is 124 Å². The van der Waals surface area contributed by atoms with E-state index in [-0.39, 0.29) is 18.7 Å². The van der Waals surface area contributed by atoms with Crippen LogP contribution >= 0.6 is 0 Å². The van der Waals surface area contributed by atoms with Gasteiger partial charge in [-0.3, -0.25) is 10.1 Å². The maximum absolute atomic E-state index is 12.2. The Morgan fingerprint density at radius 1 is 1.38 bits per heavy atom. The Kier molecular flexibility index (Phi) is 5.03. The van der Waals surface area contributed by atoms with E-state index in [1.54, 1.807) is 18.2 Å². The Morgan fingerprint density at radius 2 is 2.14 bits per heavy atom. The van der Waals surface area contributed by atoms with Crippen LogP contribution < -0.4 is 14.8 Å². The van der Waals surface area contributed by atoms with Crippen molar-refractivity contribution in [3.05, 3.63) is 23.8 Å². The highest BCUT2D eigenvalue weighted by Gasteiger charge is 2.17. The predicted molar refractivity (Wildman–Crippen MR) is 78.8 cm³/mol. The van der Waals surface area contributed by atoms with E-state index in [2.05, 4.69) is 10.3 Å². The fraction of sp³-hybridized carbons (Fsp3) is 0.467. The highest BCUT2D eigenvalue weighted by Crippen LogP contribution is 2.32. The molecule has 0 saturated heterocycles. The second kappa shape index (κ2) is 6.97. The van der Waals surface area contributed by atoms with E-state index in [4.69, 9.17) is 14.2 Å². The van der Waals surface area contributed by atoms with Crippen LogP contribution in [0.1, 0.15) is 31.1 Å². The molecule has 0 fully saturated rings. The number of rotatable bonds is 4. The summed E-state index contributed by atoms with van der Waals surface area (Å²) in [6.07, 6.45) is 0. The summed E-state index contributed by atoms with van der Waals surface area (Å²) in [5.74, 6) is 1.32. The lowest BCUT2D eigenvalue weighted by atomic mass is 10.2. The zero-order valence-electron chi connectivity index (χ0n) is 12.5. The van der Waals surface area contributed by atoms with Crippen molar-refractivity contribution in [2.75, 3.05) is 19.9 Å². The topological polar surface area (TPSA) is 69.2 Å². The molecule has 1 aromatic carbocycles. The molecule has 0 bridgehead atoms. The van der Waals surface area contributed by atoms with Crippen molar-refractivity contribution < 1.29 is 19.0 Å². The molecule has 21 heavy (non-hydrogen) atoms. The summed E-state index contributed by atoms with van der Waals surface area (Å²) in [6, 6.07) is 5.27. The van der Waals surface area contributed by atoms with Crippen molar-refractivity contribution in [1.29, 1.82) is 0 Å². The van der Waals surface area contributed by atoms with Crippen molar-refractivity contribution >= 4 is 11.9 Å². The Morgan fingerprint density at radius 3 is 2.86 bits per heavy atom. The monoisotopic (exact) mass is 292 g/mol. The number of aliphatic imine (C=N–C) groups is 1. The lowest BCUT2D eigenvalue weighted by Crippen LogP contribution is -2.33. The highest BCUT2D eigenvalue weighted by atomic mass is 16.7. The molecule has 1 N–H and O–H groups in total. The van der Waals surface area contributed by atoms with Gasteiger partial charge >= 0.3 is 0 Å². The number of hydrogen-bond donors (Lipinski definition) is 1. The lowest BCUT2D eigenvalue weighted by Gasteiger charge is -2.10.